The Hall–Kier alpha value is -2.14. The van der Waals surface area contributed by atoms with Crippen molar-refractivity contribution in [3.63, 3.8) is 0 Å². The number of hydrogen-bond acceptors (Lipinski definition) is 3. The minimum absolute atomic E-state index is 0.00225. The predicted octanol–water partition coefficient (Wildman–Crippen LogP) is 2.74. The number of nitrogens with one attached hydrogen (secondary N) is 1. The Balaban J connectivity index is 1.89. The number of fused-ring (bicyclic) bond motifs is 1. The molecule has 1 unspecified atom stereocenters. The van der Waals surface area contributed by atoms with E-state index in [1.807, 2.05) is 22.9 Å². The highest BCUT2D eigenvalue weighted by atomic mass is 16.2. The lowest BCUT2D eigenvalue weighted by atomic mass is 9.90. The smallest absolute Gasteiger partial charge is 0.274 e. The van der Waals surface area contributed by atoms with Crippen molar-refractivity contribution in [1.29, 1.82) is 0 Å². The zero-order chi connectivity index (χ0) is 18.7. The fourth-order valence-corrected chi connectivity index (χ4v) is 3.54. The van der Waals surface area contributed by atoms with Crippen LogP contribution in [0.2, 0.25) is 0 Å². The molecular formula is C21H30N4O. The third-order valence-corrected chi connectivity index (χ3v) is 4.95. The van der Waals surface area contributed by atoms with E-state index in [0.29, 0.717) is 24.2 Å². The van der Waals surface area contributed by atoms with E-state index >= 15 is 0 Å². The van der Waals surface area contributed by atoms with E-state index in [2.05, 4.69) is 31.3 Å². The molecule has 1 aromatic heterocycles. The van der Waals surface area contributed by atoms with Gasteiger partial charge in [0.1, 0.15) is 0 Å². The standard InChI is InChI=1S/C21H30N4O/c1-15(2)13-22-17-10-11-19-18(12-17)20(21(26)24(3)4)23-25(19)14-16-8-6-5-7-9-16/h5-9,15,17,22H,10-14H2,1-4H3. The summed E-state index contributed by atoms with van der Waals surface area (Å²) in [5.74, 6) is 0.623. The molecule has 3 rings (SSSR count). The Labute approximate surface area is 156 Å². The SMILES string of the molecule is CC(C)CNC1CCc2c(c(C(=O)N(C)C)nn2Cc2ccccc2)C1. The van der Waals surface area contributed by atoms with E-state index in [0.717, 1.165) is 31.4 Å². The number of carbonyl (C=O) groups is 1. The summed E-state index contributed by atoms with van der Waals surface area (Å²) in [7, 11) is 3.59. The molecule has 26 heavy (non-hydrogen) atoms. The average Bonchev–Trinajstić information content (AvgIpc) is 2.98. The first-order chi connectivity index (χ1) is 12.5. The highest BCUT2D eigenvalue weighted by Crippen LogP contribution is 2.26. The topological polar surface area (TPSA) is 50.2 Å². The van der Waals surface area contributed by atoms with Crippen molar-refractivity contribution < 1.29 is 4.79 Å². The molecule has 1 aliphatic rings. The van der Waals surface area contributed by atoms with Gasteiger partial charge in [0.05, 0.1) is 6.54 Å². The van der Waals surface area contributed by atoms with Crippen LogP contribution in [0.5, 0.6) is 0 Å². The normalized spacial score (nSPS) is 16.6. The number of hydrogen-bond donors (Lipinski definition) is 1. The molecule has 2 aromatic rings. The Morgan fingerprint density at radius 1 is 1.31 bits per heavy atom. The van der Waals surface area contributed by atoms with Gasteiger partial charge >= 0.3 is 0 Å². The maximum Gasteiger partial charge on any atom is 0.274 e. The maximum absolute atomic E-state index is 12.7. The van der Waals surface area contributed by atoms with Gasteiger partial charge in [0.15, 0.2) is 5.69 Å². The lowest BCUT2D eigenvalue weighted by Gasteiger charge is -2.25. The highest BCUT2D eigenvalue weighted by Gasteiger charge is 2.29. The summed E-state index contributed by atoms with van der Waals surface area (Å²) in [6.45, 7) is 6.17. The second-order valence-corrected chi connectivity index (χ2v) is 7.86. The van der Waals surface area contributed by atoms with Crippen molar-refractivity contribution in [3.05, 3.63) is 52.8 Å². The van der Waals surface area contributed by atoms with Crippen molar-refractivity contribution in [2.75, 3.05) is 20.6 Å². The van der Waals surface area contributed by atoms with Gasteiger partial charge in [-0.25, -0.2) is 0 Å². The number of rotatable bonds is 6. The largest absolute Gasteiger partial charge is 0.343 e. The molecule has 0 bridgehead atoms. The van der Waals surface area contributed by atoms with Crippen LogP contribution >= 0.6 is 0 Å². The molecule has 5 nitrogen and oxygen atoms in total. The highest BCUT2D eigenvalue weighted by molar-refractivity contribution is 5.93. The third-order valence-electron chi connectivity index (χ3n) is 4.95. The maximum atomic E-state index is 12.7. The zero-order valence-electron chi connectivity index (χ0n) is 16.3. The Morgan fingerprint density at radius 2 is 2.04 bits per heavy atom. The second kappa shape index (κ2) is 8.04. The van der Waals surface area contributed by atoms with Gasteiger partial charge in [-0.05, 0) is 37.3 Å². The molecule has 0 radical (unpaired) electrons. The van der Waals surface area contributed by atoms with E-state index < -0.39 is 0 Å². The minimum atomic E-state index is -0.00225. The van der Waals surface area contributed by atoms with Gasteiger partial charge in [0, 0.05) is 31.4 Å². The molecule has 0 aliphatic heterocycles. The molecule has 1 heterocycles. The van der Waals surface area contributed by atoms with Crippen molar-refractivity contribution in [2.24, 2.45) is 5.92 Å². The lowest BCUT2D eigenvalue weighted by molar-refractivity contribution is 0.0820. The minimum Gasteiger partial charge on any atom is -0.343 e. The number of nitrogens with zero attached hydrogens (tertiary/aromatic N) is 3. The molecule has 1 aromatic carbocycles. The van der Waals surface area contributed by atoms with Crippen LogP contribution in [0.15, 0.2) is 30.3 Å². The van der Waals surface area contributed by atoms with E-state index in [4.69, 9.17) is 5.10 Å². The number of aromatic nitrogens is 2. The summed E-state index contributed by atoms with van der Waals surface area (Å²) in [5, 5.41) is 8.39. The summed E-state index contributed by atoms with van der Waals surface area (Å²) >= 11 is 0. The number of carbonyl (C=O) groups excluding carboxylic acids is 1. The molecule has 0 spiro atoms. The first-order valence-electron chi connectivity index (χ1n) is 9.53. The third kappa shape index (κ3) is 4.15. The summed E-state index contributed by atoms with van der Waals surface area (Å²) in [6, 6.07) is 10.8. The zero-order valence-corrected chi connectivity index (χ0v) is 16.3. The summed E-state index contributed by atoms with van der Waals surface area (Å²) in [5.41, 5.74) is 4.19. The predicted molar refractivity (Wildman–Crippen MR) is 104 cm³/mol. The average molecular weight is 354 g/mol. The molecule has 1 amide bonds. The fourth-order valence-electron chi connectivity index (χ4n) is 3.54. The Bertz CT molecular complexity index is 749. The molecular weight excluding hydrogens is 324 g/mol. The van der Waals surface area contributed by atoms with Crippen LogP contribution in [0.1, 0.15) is 47.6 Å². The van der Waals surface area contributed by atoms with Gasteiger partial charge in [0.25, 0.3) is 5.91 Å². The van der Waals surface area contributed by atoms with Gasteiger partial charge in [-0.2, -0.15) is 5.10 Å². The lowest BCUT2D eigenvalue weighted by Crippen LogP contribution is -2.37. The Morgan fingerprint density at radius 3 is 2.69 bits per heavy atom. The van der Waals surface area contributed by atoms with Gasteiger partial charge in [-0.3, -0.25) is 9.48 Å². The summed E-state index contributed by atoms with van der Waals surface area (Å²) in [6.07, 6.45) is 2.94. The van der Waals surface area contributed by atoms with Crippen molar-refractivity contribution in [1.82, 2.24) is 20.0 Å². The molecule has 1 aliphatic carbocycles. The van der Waals surface area contributed by atoms with E-state index in [1.54, 1.807) is 19.0 Å². The quantitative estimate of drug-likeness (QED) is 0.868. The monoisotopic (exact) mass is 354 g/mol. The molecule has 0 saturated heterocycles. The van der Waals surface area contributed by atoms with Crippen LogP contribution in [-0.2, 0) is 19.4 Å². The fraction of sp³-hybridized carbons (Fsp3) is 0.524. The van der Waals surface area contributed by atoms with Crippen LogP contribution < -0.4 is 5.32 Å². The molecule has 0 fully saturated rings. The van der Waals surface area contributed by atoms with E-state index in [-0.39, 0.29) is 5.91 Å². The van der Waals surface area contributed by atoms with Crippen molar-refractivity contribution in [3.8, 4) is 0 Å². The van der Waals surface area contributed by atoms with Gasteiger partial charge in [-0.15, -0.1) is 0 Å². The van der Waals surface area contributed by atoms with Gasteiger partial charge in [0.2, 0.25) is 0 Å². The first kappa shape index (κ1) is 18.6. The van der Waals surface area contributed by atoms with Gasteiger partial charge < -0.3 is 10.2 Å². The van der Waals surface area contributed by atoms with Gasteiger partial charge in [-0.1, -0.05) is 44.2 Å². The molecule has 0 saturated carbocycles. The molecule has 1 N–H and O–H groups in total. The van der Waals surface area contributed by atoms with Crippen LogP contribution in [0.3, 0.4) is 0 Å². The molecule has 140 valence electrons. The van der Waals surface area contributed by atoms with Crippen LogP contribution in [0.4, 0.5) is 0 Å². The van der Waals surface area contributed by atoms with Crippen molar-refractivity contribution >= 4 is 5.91 Å². The number of benzene rings is 1. The first-order valence-corrected chi connectivity index (χ1v) is 9.53. The van der Waals surface area contributed by atoms with Crippen LogP contribution in [0.25, 0.3) is 0 Å². The number of amides is 1. The van der Waals surface area contributed by atoms with Crippen LogP contribution in [0, 0.1) is 5.92 Å². The summed E-state index contributed by atoms with van der Waals surface area (Å²) < 4.78 is 2.04. The Kier molecular flexibility index (Phi) is 5.77. The van der Waals surface area contributed by atoms with E-state index in [1.165, 1.54) is 11.3 Å². The second-order valence-electron chi connectivity index (χ2n) is 7.86. The van der Waals surface area contributed by atoms with Crippen LogP contribution in [-0.4, -0.2) is 47.3 Å². The molecule has 1 atom stereocenters. The van der Waals surface area contributed by atoms with Crippen molar-refractivity contribution in [2.45, 2.75) is 45.7 Å². The molecule has 5 heteroatoms. The summed E-state index contributed by atoms with van der Waals surface area (Å²) in [4.78, 5) is 14.3. The van der Waals surface area contributed by atoms with E-state index in [9.17, 15) is 4.79 Å².